The molecule has 5 N–H and O–H groups in total. The van der Waals surface area contributed by atoms with Crippen molar-refractivity contribution in [1.29, 1.82) is 0 Å². The van der Waals surface area contributed by atoms with Crippen molar-refractivity contribution in [1.82, 2.24) is 5.43 Å². The molecule has 0 aliphatic rings. The molecule has 0 unspecified atom stereocenters. The molecule has 0 saturated carbocycles. The summed E-state index contributed by atoms with van der Waals surface area (Å²) in [6.45, 7) is 1.87. The van der Waals surface area contributed by atoms with E-state index < -0.39 is 0 Å². The molecule has 0 bridgehead atoms. The van der Waals surface area contributed by atoms with E-state index in [1.165, 1.54) is 32.0 Å². The third-order valence-corrected chi connectivity index (χ3v) is 0.753. The van der Waals surface area contributed by atoms with Gasteiger partial charge in [0.25, 0.3) is 0 Å². The number of hydrogen-bond acceptors (Lipinski definition) is 3. The van der Waals surface area contributed by atoms with Crippen molar-refractivity contribution in [2.24, 2.45) is 11.6 Å². The Labute approximate surface area is 78.2 Å². The second kappa shape index (κ2) is 11.7. The van der Waals surface area contributed by atoms with Crippen LogP contribution >= 0.6 is 0 Å². The first-order chi connectivity index (χ1) is 4.85. The summed E-state index contributed by atoms with van der Waals surface area (Å²) in [5.41, 5.74) is 8.32. The van der Waals surface area contributed by atoms with Crippen molar-refractivity contribution in [3.05, 3.63) is 24.0 Å². The monoisotopic (exact) mass is 333 g/mol. The van der Waals surface area contributed by atoms with E-state index in [0.29, 0.717) is 0 Å². The molecule has 0 aromatic carbocycles. The van der Waals surface area contributed by atoms with E-state index >= 15 is 0 Å². The van der Waals surface area contributed by atoms with Gasteiger partial charge in [0.05, 0.1) is 0 Å². The quantitative estimate of drug-likeness (QED) is 0.289. The van der Waals surface area contributed by atoms with Gasteiger partial charge in [0.15, 0.2) is 0 Å². The average molecular weight is 333 g/mol. The number of rotatable bonds is 2. The molecule has 0 spiro atoms. The number of nitrogens with two attached hydrogens (primary N) is 2. The second-order valence-corrected chi connectivity index (χ2v) is 1.25. The fourth-order valence-corrected chi connectivity index (χ4v) is 0.331. The van der Waals surface area contributed by atoms with Gasteiger partial charge in [0, 0.05) is 5.70 Å². The van der Waals surface area contributed by atoms with Crippen LogP contribution in [-0.4, -0.2) is 25.8 Å². The van der Waals surface area contributed by atoms with Crippen LogP contribution in [0.15, 0.2) is 24.0 Å². The molecule has 3 nitrogen and oxygen atoms in total. The number of allylic oxidation sites excluding steroid dienone is 2. The van der Waals surface area contributed by atoms with Crippen LogP contribution in [-0.2, 0) is 0 Å². The summed E-state index contributed by atoms with van der Waals surface area (Å²) in [5, 5.41) is 0. The van der Waals surface area contributed by atoms with Gasteiger partial charge in [-0.3, -0.25) is 5.84 Å². The topological polar surface area (TPSA) is 64.1 Å². The molecule has 0 aromatic heterocycles. The molecule has 56 valence electrons. The van der Waals surface area contributed by atoms with Gasteiger partial charge in [0.2, 0.25) is 0 Å². The normalized spacial score (nSPS) is 10.4. The standard InChI is InChI=1S/C5H11N3.CH3.Tl/c1-2-5(8-7)3-4-6;;/h2-4,8H,6-7H2,1H3;1H3;/b4-3-,5-2+;;. The van der Waals surface area contributed by atoms with Gasteiger partial charge in [-0.15, -0.1) is 0 Å². The van der Waals surface area contributed by atoms with Crippen molar-refractivity contribution in [2.45, 2.75) is 11.4 Å². The molecule has 10 heavy (non-hydrogen) atoms. The summed E-state index contributed by atoms with van der Waals surface area (Å²) in [6.07, 6.45) is 4.93. The minimum absolute atomic E-state index is 0.813. The molecule has 0 aromatic rings. The molecule has 0 heterocycles. The summed E-state index contributed by atoms with van der Waals surface area (Å²) in [5.74, 6) is 5.04. The van der Waals surface area contributed by atoms with Gasteiger partial charge in [-0.25, -0.2) is 0 Å². The van der Waals surface area contributed by atoms with Gasteiger partial charge in [-0.05, 0) is 19.2 Å². The summed E-state index contributed by atoms with van der Waals surface area (Å²) in [6, 6.07) is 0. The predicted octanol–water partition coefficient (Wildman–Crippen LogP) is 0.0289. The molecular weight excluding hydrogens is 318 g/mol. The Kier molecular flexibility index (Phi) is 14.8. The zero-order chi connectivity index (χ0) is 8.41. The SMILES string of the molecule is C/C=C(\C=C/N)NN.[CH3][Tl]. The fourth-order valence-electron chi connectivity index (χ4n) is 0.331. The molecule has 4 heteroatoms. The van der Waals surface area contributed by atoms with Crippen LogP contribution in [0.3, 0.4) is 0 Å². The van der Waals surface area contributed by atoms with E-state index in [2.05, 4.69) is 9.91 Å². The van der Waals surface area contributed by atoms with Crippen LogP contribution in [0.5, 0.6) is 0 Å². The molecule has 0 fully saturated rings. The molecule has 0 atom stereocenters. The van der Waals surface area contributed by atoms with E-state index in [-0.39, 0.29) is 0 Å². The van der Waals surface area contributed by atoms with E-state index in [1.807, 2.05) is 13.0 Å². The summed E-state index contributed by atoms with van der Waals surface area (Å²) >= 11 is 1.17. The Morgan fingerprint density at radius 3 is 2.10 bits per heavy atom. The Morgan fingerprint density at radius 2 is 2.00 bits per heavy atom. The Morgan fingerprint density at radius 1 is 1.50 bits per heavy atom. The molecule has 0 radical (unpaired) electrons. The predicted molar refractivity (Wildman–Crippen MR) is 46.0 cm³/mol. The van der Waals surface area contributed by atoms with E-state index in [4.69, 9.17) is 11.6 Å². The molecule has 0 aliphatic heterocycles. The zero-order valence-electron chi connectivity index (χ0n) is 6.46. The summed E-state index contributed by atoms with van der Waals surface area (Å²) in [7, 11) is 0. The third kappa shape index (κ3) is 7.96. The van der Waals surface area contributed by atoms with Crippen molar-refractivity contribution < 1.29 is 0 Å². The van der Waals surface area contributed by atoms with Crippen LogP contribution in [0.4, 0.5) is 0 Å². The Balaban J connectivity index is 0. The average Bonchev–Trinajstić information content (AvgIpc) is 2.04. The van der Waals surface area contributed by atoms with Gasteiger partial charge in [-0.1, -0.05) is 6.08 Å². The maximum absolute atomic E-state index is 5.06. The molecule has 0 rings (SSSR count). The number of hydrazine groups is 1. The first kappa shape index (κ1) is 12.6. The Hall–Kier alpha value is -0.0379. The molecule has 0 amide bonds. The van der Waals surface area contributed by atoms with Crippen molar-refractivity contribution in [3.8, 4) is 0 Å². The first-order valence-electron chi connectivity index (χ1n) is 2.94. The van der Waals surface area contributed by atoms with Crippen molar-refractivity contribution in [2.75, 3.05) is 0 Å². The van der Waals surface area contributed by atoms with Gasteiger partial charge >= 0.3 is 30.3 Å². The summed E-state index contributed by atoms with van der Waals surface area (Å²) < 4.78 is 2.17. The van der Waals surface area contributed by atoms with E-state index in [1.54, 1.807) is 6.08 Å². The van der Waals surface area contributed by atoms with Crippen molar-refractivity contribution >= 4 is 25.8 Å². The second-order valence-electron chi connectivity index (χ2n) is 1.25. The summed E-state index contributed by atoms with van der Waals surface area (Å²) in [4.78, 5) is 0. The third-order valence-electron chi connectivity index (χ3n) is 0.753. The maximum atomic E-state index is 5.06. The van der Waals surface area contributed by atoms with Crippen LogP contribution in [0.2, 0.25) is 4.48 Å². The van der Waals surface area contributed by atoms with Crippen LogP contribution < -0.4 is 17.0 Å². The molecule has 0 saturated heterocycles. The first-order valence-corrected chi connectivity index (χ1v) is 7.43. The minimum atomic E-state index is 0.813. The fraction of sp³-hybridized carbons (Fsp3) is 0.333. The van der Waals surface area contributed by atoms with Gasteiger partial charge in [0.1, 0.15) is 0 Å². The Bertz CT molecular complexity index is 107. The van der Waals surface area contributed by atoms with Gasteiger partial charge < -0.3 is 11.2 Å². The number of nitrogens with one attached hydrogen (secondary N) is 1. The molecular formula is C6H14N3Tl. The van der Waals surface area contributed by atoms with Crippen LogP contribution in [0, 0.1) is 0 Å². The van der Waals surface area contributed by atoms with E-state index in [9.17, 15) is 0 Å². The van der Waals surface area contributed by atoms with Gasteiger partial charge in [-0.2, -0.15) is 0 Å². The number of hydrogen-bond donors (Lipinski definition) is 3. The van der Waals surface area contributed by atoms with E-state index in [0.717, 1.165) is 5.70 Å². The van der Waals surface area contributed by atoms with Crippen LogP contribution in [0.1, 0.15) is 6.92 Å². The van der Waals surface area contributed by atoms with Crippen LogP contribution in [0.25, 0.3) is 0 Å². The molecule has 0 aliphatic carbocycles. The van der Waals surface area contributed by atoms with Crippen molar-refractivity contribution in [3.63, 3.8) is 0 Å². The zero-order valence-corrected chi connectivity index (χ0v) is 11.0.